The van der Waals surface area contributed by atoms with Gasteiger partial charge >= 0.3 is 0 Å². The first-order chi connectivity index (χ1) is 10.5. The predicted molar refractivity (Wildman–Crippen MR) is 89.0 cm³/mol. The summed E-state index contributed by atoms with van der Waals surface area (Å²) >= 11 is 0. The Morgan fingerprint density at radius 1 is 1.00 bits per heavy atom. The molecule has 0 unspecified atom stereocenters. The molecule has 3 heteroatoms. The van der Waals surface area contributed by atoms with Gasteiger partial charge in [-0.25, -0.2) is 4.99 Å². The molecule has 22 heavy (non-hydrogen) atoms. The van der Waals surface area contributed by atoms with Crippen LogP contribution in [0.3, 0.4) is 0 Å². The van der Waals surface area contributed by atoms with Gasteiger partial charge in [0.1, 0.15) is 0 Å². The molecule has 2 aliphatic rings. The molecule has 1 N–H and O–H groups in total. The van der Waals surface area contributed by atoms with Crippen LogP contribution in [-0.2, 0) is 6.42 Å². The molecular formula is C19H28NO2+. The molecule has 0 bridgehead atoms. The Balaban J connectivity index is 2.08. The maximum atomic E-state index is 5.52. The van der Waals surface area contributed by atoms with Crippen LogP contribution in [-0.4, -0.2) is 25.5 Å². The van der Waals surface area contributed by atoms with E-state index in [2.05, 4.69) is 31.0 Å². The van der Waals surface area contributed by atoms with Gasteiger partial charge in [0.05, 0.1) is 14.2 Å². The Morgan fingerprint density at radius 2 is 1.64 bits per heavy atom. The van der Waals surface area contributed by atoms with Crippen molar-refractivity contribution in [1.82, 2.24) is 0 Å². The molecule has 3 nitrogen and oxygen atoms in total. The average Bonchev–Trinajstić information content (AvgIpc) is 2.53. The zero-order valence-electron chi connectivity index (χ0n) is 14.3. The maximum Gasteiger partial charge on any atom is 0.185 e. The van der Waals surface area contributed by atoms with Crippen LogP contribution in [0.2, 0.25) is 0 Å². The van der Waals surface area contributed by atoms with E-state index in [4.69, 9.17) is 9.47 Å². The lowest BCUT2D eigenvalue weighted by atomic mass is 9.78. The Bertz CT molecular complexity index is 583. The van der Waals surface area contributed by atoms with E-state index in [1.807, 2.05) is 0 Å². The molecule has 120 valence electrons. The molecule has 1 aromatic rings. The highest BCUT2D eigenvalue weighted by Crippen LogP contribution is 2.35. The fraction of sp³-hybridized carbons (Fsp3) is 0.632. The van der Waals surface area contributed by atoms with Gasteiger partial charge in [-0.15, -0.1) is 0 Å². The van der Waals surface area contributed by atoms with Crippen molar-refractivity contribution >= 4 is 5.71 Å². The summed E-state index contributed by atoms with van der Waals surface area (Å²) in [6.07, 6.45) is 7.68. The second-order valence-corrected chi connectivity index (χ2v) is 7.30. The number of ether oxygens (including phenoxy) is 2. The van der Waals surface area contributed by atoms with Crippen LogP contribution in [0.4, 0.5) is 0 Å². The number of nitrogens with one attached hydrogen (secondary N) is 1. The minimum atomic E-state index is 0.0966. The summed E-state index contributed by atoms with van der Waals surface area (Å²) in [5, 5.41) is 0. The zero-order valence-corrected chi connectivity index (χ0v) is 14.3. The third kappa shape index (κ3) is 2.86. The summed E-state index contributed by atoms with van der Waals surface area (Å²) < 4.78 is 11.0. The maximum absolute atomic E-state index is 5.52. The van der Waals surface area contributed by atoms with Gasteiger partial charge in [0.25, 0.3) is 0 Å². The van der Waals surface area contributed by atoms with Gasteiger partial charge in [0.2, 0.25) is 0 Å². The molecule has 0 radical (unpaired) electrons. The minimum absolute atomic E-state index is 0.0966. The van der Waals surface area contributed by atoms with Gasteiger partial charge in [-0.1, -0.05) is 19.3 Å². The molecule has 0 atom stereocenters. The molecule has 3 rings (SSSR count). The summed E-state index contributed by atoms with van der Waals surface area (Å²) in [5.41, 5.74) is 4.23. The highest BCUT2D eigenvalue weighted by molar-refractivity contribution is 6.00. The summed E-state index contributed by atoms with van der Waals surface area (Å²) in [7, 11) is 3.42. The van der Waals surface area contributed by atoms with Crippen LogP contribution in [0, 0.1) is 5.92 Å². The minimum Gasteiger partial charge on any atom is -0.493 e. The Labute approximate surface area is 133 Å². The average molecular weight is 302 g/mol. The molecular weight excluding hydrogens is 274 g/mol. The van der Waals surface area contributed by atoms with E-state index in [9.17, 15) is 0 Å². The molecule has 0 spiro atoms. The summed E-state index contributed by atoms with van der Waals surface area (Å²) in [5.74, 6) is 2.32. The summed E-state index contributed by atoms with van der Waals surface area (Å²) in [4.78, 5) is 3.83. The first-order valence-electron chi connectivity index (χ1n) is 8.44. The van der Waals surface area contributed by atoms with Crippen LogP contribution in [0.15, 0.2) is 12.1 Å². The fourth-order valence-corrected chi connectivity index (χ4v) is 3.98. The predicted octanol–water partition coefficient (Wildman–Crippen LogP) is 2.49. The molecule has 1 aliphatic carbocycles. The van der Waals surface area contributed by atoms with Gasteiger partial charge in [-0.05, 0) is 30.5 Å². The Kier molecular flexibility index (Phi) is 4.16. The third-order valence-electron chi connectivity index (χ3n) is 5.02. The van der Waals surface area contributed by atoms with Crippen molar-refractivity contribution in [3.8, 4) is 11.5 Å². The van der Waals surface area contributed by atoms with E-state index in [0.29, 0.717) is 5.92 Å². The van der Waals surface area contributed by atoms with Gasteiger partial charge in [0.15, 0.2) is 22.7 Å². The zero-order chi connectivity index (χ0) is 15.7. The van der Waals surface area contributed by atoms with E-state index in [0.717, 1.165) is 17.9 Å². The van der Waals surface area contributed by atoms with Crippen LogP contribution >= 0.6 is 0 Å². The number of hydrogen-bond acceptors (Lipinski definition) is 2. The number of hydrogen-bond donors (Lipinski definition) is 1. The SMILES string of the molecule is COc1cc2c(cc1OC)C(C1CCCCC1)=[NH+]C(C)(C)C2. The van der Waals surface area contributed by atoms with Crippen LogP contribution < -0.4 is 14.5 Å². The third-order valence-corrected chi connectivity index (χ3v) is 5.02. The van der Waals surface area contributed by atoms with Crippen molar-refractivity contribution in [2.45, 2.75) is 57.9 Å². The van der Waals surface area contributed by atoms with E-state index in [-0.39, 0.29) is 5.54 Å². The van der Waals surface area contributed by atoms with E-state index in [1.54, 1.807) is 14.2 Å². The van der Waals surface area contributed by atoms with Crippen molar-refractivity contribution in [1.29, 1.82) is 0 Å². The van der Waals surface area contributed by atoms with Crippen LogP contribution in [0.5, 0.6) is 11.5 Å². The van der Waals surface area contributed by atoms with Gasteiger partial charge in [0, 0.05) is 31.7 Å². The first kappa shape index (κ1) is 15.4. The highest BCUT2D eigenvalue weighted by Gasteiger charge is 2.37. The van der Waals surface area contributed by atoms with Crippen molar-refractivity contribution < 1.29 is 14.5 Å². The lowest BCUT2D eigenvalue weighted by Gasteiger charge is -2.29. The Hall–Kier alpha value is -1.51. The van der Waals surface area contributed by atoms with Crippen molar-refractivity contribution in [3.05, 3.63) is 23.3 Å². The standard InChI is InChI=1S/C19H27NO2/c1-19(2)12-14-10-16(21-3)17(22-4)11-15(14)18(20-19)13-8-6-5-7-9-13/h10-11,13H,5-9,12H2,1-4H3/p+1. The lowest BCUT2D eigenvalue weighted by Crippen LogP contribution is -2.88. The molecule has 1 heterocycles. The topological polar surface area (TPSA) is 32.4 Å². The Morgan fingerprint density at radius 3 is 2.27 bits per heavy atom. The van der Waals surface area contributed by atoms with Gasteiger partial charge in [-0.2, -0.15) is 0 Å². The first-order valence-corrected chi connectivity index (χ1v) is 8.44. The molecule has 0 aromatic heterocycles. The highest BCUT2D eigenvalue weighted by atomic mass is 16.5. The number of rotatable bonds is 3. The largest absolute Gasteiger partial charge is 0.493 e. The second-order valence-electron chi connectivity index (χ2n) is 7.30. The molecule has 1 saturated carbocycles. The molecule has 1 fully saturated rings. The second kappa shape index (κ2) is 5.94. The van der Waals surface area contributed by atoms with E-state index >= 15 is 0 Å². The van der Waals surface area contributed by atoms with E-state index in [1.165, 1.54) is 48.9 Å². The lowest BCUT2D eigenvalue weighted by molar-refractivity contribution is -0.547. The molecule has 0 saturated heterocycles. The number of fused-ring (bicyclic) bond motifs is 1. The molecule has 1 aromatic carbocycles. The van der Waals surface area contributed by atoms with Crippen LogP contribution in [0.25, 0.3) is 0 Å². The number of benzene rings is 1. The van der Waals surface area contributed by atoms with E-state index < -0.39 is 0 Å². The summed E-state index contributed by atoms with van der Waals surface area (Å²) in [6, 6.07) is 4.33. The van der Waals surface area contributed by atoms with Crippen molar-refractivity contribution in [2.24, 2.45) is 5.92 Å². The molecule has 0 amide bonds. The summed E-state index contributed by atoms with van der Waals surface area (Å²) in [6.45, 7) is 4.57. The smallest absolute Gasteiger partial charge is 0.185 e. The number of methoxy groups -OCH3 is 2. The fourth-order valence-electron chi connectivity index (χ4n) is 3.98. The van der Waals surface area contributed by atoms with Crippen LogP contribution in [0.1, 0.15) is 57.1 Å². The normalized spacial score (nSPS) is 21.0. The quantitative estimate of drug-likeness (QED) is 0.930. The van der Waals surface area contributed by atoms with Gasteiger partial charge in [-0.3, -0.25) is 0 Å². The monoisotopic (exact) mass is 302 g/mol. The molecule has 1 aliphatic heterocycles. The van der Waals surface area contributed by atoms with Crippen molar-refractivity contribution in [2.75, 3.05) is 14.2 Å². The van der Waals surface area contributed by atoms with Crippen molar-refractivity contribution in [3.63, 3.8) is 0 Å². The van der Waals surface area contributed by atoms with Gasteiger partial charge < -0.3 is 9.47 Å².